The minimum atomic E-state index is 0.468. The number of alkyl halides is 1. The summed E-state index contributed by atoms with van der Waals surface area (Å²) in [4.78, 5) is 0.559. The zero-order valence-electron chi connectivity index (χ0n) is 12.8. The third kappa shape index (κ3) is 4.24. The molecule has 0 bridgehead atoms. The molecule has 0 saturated heterocycles. The van der Waals surface area contributed by atoms with Crippen molar-refractivity contribution in [1.29, 1.82) is 0 Å². The minimum Gasteiger partial charge on any atom is -0.0884 e. The van der Waals surface area contributed by atoms with Gasteiger partial charge in [-0.3, -0.25) is 0 Å². The maximum Gasteiger partial charge on any atom is 0.0438 e. The zero-order chi connectivity index (χ0) is 14.8. The molecule has 1 saturated carbocycles. The second-order valence-electron chi connectivity index (χ2n) is 7.29. The summed E-state index contributed by atoms with van der Waals surface area (Å²) >= 11 is 10.2. The lowest BCUT2D eigenvalue weighted by Gasteiger charge is -2.38. The number of halogens is 2. The van der Waals surface area contributed by atoms with Gasteiger partial charge in [-0.25, -0.2) is 0 Å². The van der Waals surface area contributed by atoms with Gasteiger partial charge in [-0.1, -0.05) is 66.5 Å². The van der Waals surface area contributed by atoms with Crippen LogP contribution in [0.25, 0.3) is 0 Å². The molecule has 0 aliphatic heterocycles. The third-order valence-corrected chi connectivity index (χ3v) is 6.32. The van der Waals surface area contributed by atoms with Crippen molar-refractivity contribution in [3.8, 4) is 0 Å². The molecule has 0 aromatic heterocycles. The first-order valence-electron chi connectivity index (χ1n) is 7.75. The molecule has 0 nitrogen and oxygen atoms in total. The van der Waals surface area contributed by atoms with Gasteiger partial charge in [0.25, 0.3) is 0 Å². The van der Waals surface area contributed by atoms with Crippen LogP contribution in [-0.4, -0.2) is 4.83 Å². The van der Waals surface area contributed by atoms with E-state index in [0.29, 0.717) is 10.2 Å². The molecule has 1 aliphatic rings. The highest BCUT2D eigenvalue weighted by Crippen LogP contribution is 2.42. The fourth-order valence-electron chi connectivity index (χ4n) is 3.39. The Hall–Kier alpha value is -0.0100. The molecule has 1 unspecified atom stereocenters. The molecule has 1 fully saturated rings. The molecule has 1 aliphatic carbocycles. The number of hydrogen-bond donors (Lipinski definition) is 0. The van der Waals surface area contributed by atoms with Crippen molar-refractivity contribution in [2.75, 3.05) is 0 Å². The van der Waals surface area contributed by atoms with E-state index in [1.807, 2.05) is 12.1 Å². The van der Waals surface area contributed by atoms with Gasteiger partial charge >= 0.3 is 0 Å². The van der Waals surface area contributed by atoms with Crippen molar-refractivity contribution >= 4 is 27.5 Å². The lowest BCUT2D eigenvalue weighted by Crippen LogP contribution is -2.29. The maximum absolute atomic E-state index is 6.27. The van der Waals surface area contributed by atoms with Crippen LogP contribution in [0.15, 0.2) is 24.3 Å². The summed E-state index contributed by atoms with van der Waals surface area (Å²) in [5.74, 6) is 1.68. The van der Waals surface area contributed by atoms with Gasteiger partial charge in [0.1, 0.15) is 0 Å². The lowest BCUT2D eigenvalue weighted by atomic mass is 9.69. The Morgan fingerprint density at radius 3 is 2.30 bits per heavy atom. The van der Waals surface area contributed by atoms with Gasteiger partial charge in [0.05, 0.1) is 0 Å². The summed E-state index contributed by atoms with van der Waals surface area (Å²) in [6.07, 6.45) is 6.49. The Balaban J connectivity index is 1.89. The number of rotatable bonds is 3. The van der Waals surface area contributed by atoms with Crippen LogP contribution in [0.1, 0.15) is 52.0 Å². The van der Waals surface area contributed by atoms with Gasteiger partial charge in [0.2, 0.25) is 0 Å². The summed E-state index contributed by atoms with van der Waals surface area (Å²) < 4.78 is 0. The molecule has 1 aromatic carbocycles. The van der Waals surface area contributed by atoms with Gasteiger partial charge in [0, 0.05) is 9.85 Å². The molecule has 1 aromatic rings. The second kappa shape index (κ2) is 6.83. The Kier molecular flexibility index (Phi) is 5.59. The average molecular weight is 358 g/mol. The van der Waals surface area contributed by atoms with E-state index in [4.69, 9.17) is 11.6 Å². The van der Waals surface area contributed by atoms with Gasteiger partial charge in [0.15, 0.2) is 0 Å². The summed E-state index contributed by atoms with van der Waals surface area (Å²) in [7, 11) is 0. The molecule has 0 N–H and O–H groups in total. The van der Waals surface area contributed by atoms with Crippen molar-refractivity contribution in [2.24, 2.45) is 17.3 Å². The Morgan fingerprint density at radius 1 is 1.15 bits per heavy atom. The van der Waals surface area contributed by atoms with E-state index < -0.39 is 0 Å². The standard InChI is InChI=1S/C18H26BrCl/c1-18(2,3)15-10-8-13(9-11-15)16(19)12-14-6-4-5-7-17(14)20/h4-7,13,15-16H,8-12H2,1-3H3. The Labute approximate surface area is 137 Å². The van der Waals surface area contributed by atoms with Crippen LogP contribution in [0.5, 0.6) is 0 Å². The molecule has 112 valence electrons. The Morgan fingerprint density at radius 2 is 1.75 bits per heavy atom. The van der Waals surface area contributed by atoms with Crippen LogP contribution in [0.2, 0.25) is 5.02 Å². The van der Waals surface area contributed by atoms with Crippen molar-refractivity contribution in [3.05, 3.63) is 34.9 Å². The quantitative estimate of drug-likeness (QED) is 0.542. The molecule has 2 heteroatoms. The maximum atomic E-state index is 6.27. The first-order valence-corrected chi connectivity index (χ1v) is 9.04. The fraction of sp³-hybridized carbons (Fsp3) is 0.667. The van der Waals surface area contributed by atoms with Crippen LogP contribution in [-0.2, 0) is 6.42 Å². The van der Waals surface area contributed by atoms with E-state index in [9.17, 15) is 0 Å². The molecular formula is C18H26BrCl. The second-order valence-corrected chi connectivity index (χ2v) is 8.87. The topological polar surface area (TPSA) is 0 Å². The highest BCUT2D eigenvalue weighted by atomic mass is 79.9. The molecule has 0 heterocycles. The van der Waals surface area contributed by atoms with E-state index in [0.717, 1.165) is 23.3 Å². The van der Waals surface area contributed by atoms with Crippen molar-refractivity contribution < 1.29 is 0 Å². The van der Waals surface area contributed by atoms with Crippen molar-refractivity contribution in [1.82, 2.24) is 0 Å². The predicted molar refractivity (Wildman–Crippen MR) is 92.8 cm³/mol. The lowest BCUT2D eigenvalue weighted by molar-refractivity contribution is 0.149. The normalized spacial score (nSPS) is 25.4. The van der Waals surface area contributed by atoms with Gasteiger partial charge < -0.3 is 0 Å². The van der Waals surface area contributed by atoms with Crippen LogP contribution < -0.4 is 0 Å². The van der Waals surface area contributed by atoms with Crippen LogP contribution in [0, 0.1) is 17.3 Å². The molecule has 2 rings (SSSR count). The summed E-state index contributed by atoms with van der Waals surface area (Å²) in [6.45, 7) is 7.15. The fourth-order valence-corrected chi connectivity index (χ4v) is 4.48. The predicted octanol–water partition coefficient (Wildman–Crippen LogP) is 6.50. The van der Waals surface area contributed by atoms with E-state index in [2.05, 4.69) is 48.8 Å². The largest absolute Gasteiger partial charge is 0.0884 e. The summed E-state index contributed by atoms with van der Waals surface area (Å²) in [5, 5.41) is 0.903. The average Bonchev–Trinajstić information content (AvgIpc) is 2.40. The first-order chi connectivity index (χ1) is 9.38. The van der Waals surface area contributed by atoms with Crippen LogP contribution >= 0.6 is 27.5 Å². The van der Waals surface area contributed by atoms with E-state index >= 15 is 0 Å². The summed E-state index contributed by atoms with van der Waals surface area (Å²) in [5.41, 5.74) is 1.74. The SMILES string of the molecule is CC(C)(C)C1CCC(C(Br)Cc2ccccc2Cl)CC1. The van der Waals surface area contributed by atoms with Crippen LogP contribution in [0.4, 0.5) is 0 Å². The van der Waals surface area contributed by atoms with Crippen molar-refractivity contribution in [2.45, 2.75) is 57.7 Å². The van der Waals surface area contributed by atoms with Gasteiger partial charge in [-0.05, 0) is 61.0 Å². The third-order valence-electron chi connectivity index (χ3n) is 4.88. The first kappa shape index (κ1) is 16.4. The number of hydrogen-bond acceptors (Lipinski definition) is 0. The van der Waals surface area contributed by atoms with Gasteiger partial charge in [-0.15, -0.1) is 0 Å². The minimum absolute atomic E-state index is 0.468. The smallest absolute Gasteiger partial charge is 0.0438 e. The van der Waals surface area contributed by atoms with Crippen LogP contribution in [0.3, 0.4) is 0 Å². The van der Waals surface area contributed by atoms with E-state index in [1.165, 1.54) is 31.2 Å². The molecule has 0 amide bonds. The molecule has 0 spiro atoms. The Bertz CT molecular complexity index is 427. The highest BCUT2D eigenvalue weighted by Gasteiger charge is 2.32. The molecule has 1 atom stereocenters. The molecular weight excluding hydrogens is 332 g/mol. The van der Waals surface area contributed by atoms with E-state index in [-0.39, 0.29) is 0 Å². The zero-order valence-corrected chi connectivity index (χ0v) is 15.2. The highest BCUT2D eigenvalue weighted by molar-refractivity contribution is 9.09. The number of benzene rings is 1. The molecule has 0 radical (unpaired) electrons. The monoisotopic (exact) mass is 356 g/mol. The van der Waals surface area contributed by atoms with Gasteiger partial charge in [-0.2, -0.15) is 0 Å². The van der Waals surface area contributed by atoms with Crippen molar-refractivity contribution in [3.63, 3.8) is 0 Å². The summed E-state index contributed by atoms with van der Waals surface area (Å²) in [6, 6.07) is 8.23. The van der Waals surface area contributed by atoms with E-state index in [1.54, 1.807) is 0 Å². The molecule has 20 heavy (non-hydrogen) atoms.